The molecule has 0 bridgehead atoms. The number of aryl methyl sites for hydroxylation is 1. The van der Waals surface area contributed by atoms with Gasteiger partial charge in [-0.25, -0.2) is 4.39 Å². The molecule has 1 aromatic rings. The maximum atomic E-state index is 13.0. The summed E-state index contributed by atoms with van der Waals surface area (Å²) in [6.07, 6.45) is 0. The highest BCUT2D eigenvalue weighted by Crippen LogP contribution is 2.14. The minimum atomic E-state index is -0.551. The molecular formula is C12H18ClFN2O. The largest absolute Gasteiger partial charge is 0.325 e. The van der Waals surface area contributed by atoms with E-state index in [2.05, 4.69) is 5.32 Å². The van der Waals surface area contributed by atoms with Crippen LogP contribution < -0.4 is 11.1 Å². The zero-order valence-electron chi connectivity index (χ0n) is 10.2. The molecule has 0 aromatic heterocycles. The third-order valence-electron chi connectivity index (χ3n) is 2.45. The Bertz CT molecular complexity index is 396. The van der Waals surface area contributed by atoms with Crippen molar-refractivity contribution < 1.29 is 9.18 Å². The van der Waals surface area contributed by atoms with E-state index in [0.29, 0.717) is 11.3 Å². The van der Waals surface area contributed by atoms with Gasteiger partial charge in [0.1, 0.15) is 5.82 Å². The number of nitrogens with two attached hydrogens (primary N) is 1. The van der Waals surface area contributed by atoms with E-state index in [1.807, 2.05) is 13.8 Å². The molecule has 1 atom stereocenters. The lowest BCUT2D eigenvalue weighted by Crippen LogP contribution is -2.39. The van der Waals surface area contributed by atoms with E-state index in [1.165, 1.54) is 12.1 Å². The van der Waals surface area contributed by atoms with Crippen molar-refractivity contribution >= 4 is 24.0 Å². The summed E-state index contributed by atoms with van der Waals surface area (Å²) in [4.78, 5) is 11.6. The number of carbonyl (C=O) groups is 1. The third kappa shape index (κ3) is 4.32. The Kier molecular flexibility index (Phi) is 6.13. The van der Waals surface area contributed by atoms with Crippen molar-refractivity contribution in [3.8, 4) is 0 Å². The lowest BCUT2D eigenvalue weighted by atomic mass is 10.0. The lowest BCUT2D eigenvalue weighted by molar-refractivity contribution is -0.118. The van der Waals surface area contributed by atoms with E-state index in [9.17, 15) is 9.18 Å². The average molecular weight is 261 g/mol. The van der Waals surface area contributed by atoms with Gasteiger partial charge < -0.3 is 11.1 Å². The fraction of sp³-hybridized carbons (Fsp3) is 0.417. The molecular weight excluding hydrogens is 243 g/mol. The molecule has 0 saturated carbocycles. The van der Waals surface area contributed by atoms with Crippen LogP contribution in [0.3, 0.4) is 0 Å². The fourth-order valence-corrected chi connectivity index (χ4v) is 1.25. The monoisotopic (exact) mass is 260 g/mol. The van der Waals surface area contributed by atoms with Crippen molar-refractivity contribution in [2.24, 2.45) is 11.7 Å². The van der Waals surface area contributed by atoms with Crippen molar-refractivity contribution in [3.63, 3.8) is 0 Å². The molecule has 1 rings (SSSR count). The molecule has 0 aliphatic carbocycles. The third-order valence-corrected chi connectivity index (χ3v) is 2.45. The van der Waals surface area contributed by atoms with Gasteiger partial charge in [-0.05, 0) is 36.6 Å². The number of hydrogen-bond acceptors (Lipinski definition) is 2. The van der Waals surface area contributed by atoms with E-state index < -0.39 is 6.04 Å². The number of carbonyl (C=O) groups excluding carboxylic acids is 1. The Morgan fingerprint density at radius 2 is 2.00 bits per heavy atom. The molecule has 1 aromatic carbocycles. The van der Waals surface area contributed by atoms with E-state index in [4.69, 9.17) is 5.73 Å². The van der Waals surface area contributed by atoms with Crippen LogP contribution >= 0.6 is 12.4 Å². The van der Waals surface area contributed by atoms with E-state index in [1.54, 1.807) is 13.0 Å². The van der Waals surface area contributed by atoms with Crippen molar-refractivity contribution in [2.45, 2.75) is 26.8 Å². The predicted molar refractivity (Wildman–Crippen MR) is 69.8 cm³/mol. The first kappa shape index (κ1) is 15.9. The standard InChI is InChI=1S/C12H17FN2O.ClH/c1-7(2)11(14)12(16)15-9-4-5-10(13)8(3)6-9;/h4-7,11H,14H2,1-3H3,(H,15,16);1H. The van der Waals surface area contributed by atoms with Crippen LogP contribution in [-0.4, -0.2) is 11.9 Å². The molecule has 3 nitrogen and oxygen atoms in total. The number of benzene rings is 1. The van der Waals surface area contributed by atoms with E-state index >= 15 is 0 Å². The molecule has 0 aliphatic heterocycles. The molecule has 0 aliphatic rings. The molecule has 0 heterocycles. The van der Waals surface area contributed by atoms with Gasteiger partial charge in [-0.3, -0.25) is 4.79 Å². The zero-order valence-corrected chi connectivity index (χ0v) is 11.0. The van der Waals surface area contributed by atoms with Gasteiger partial charge >= 0.3 is 0 Å². The zero-order chi connectivity index (χ0) is 12.3. The summed E-state index contributed by atoms with van der Waals surface area (Å²) >= 11 is 0. The summed E-state index contributed by atoms with van der Waals surface area (Å²) in [6, 6.07) is 3.88. The highest BCUT2D eigenvalue weighted by atomic mass is 35.5. The van der Waals surface area contributed by atoms with Gasteiger partial charge in [0.25, 0.3) is 0 Å². The first-order chi connectivity index (χ1) is 7.41. The van der Waals surface area contributed by atoms with Crippen molar-refractivity contribution in [1.82, 2.24) is 0 Å². The summed E-state index contributed by atoms with van der Waals surface area (Å²) in [5.74, 6) is -0.464. The summed E-state index contributed by atoms with van der Waals surface area (Å²) in [7, 11) is 0. The van der Waals surface area contributed by atoms with E-state index in [-0.39, 0.29) is 30.0 Å². The number of hydrogen-bond donors (Lipinski definition) is 2. The van der Waals surface area contributed by atoms with Gasteiger partial charge in [0.2, 0.25) is 5.91 Å². The van der Waals surface area contributed by atoms with Crippen LogP contribution in [0.15, 0.2) is 18.2 Å². The SMILES string of the molecule is Cc1cc(NC(=O)C(N)C(C)C)ccc1F.Cl. The Morgan fingerprint density at radius 1 is 1.41 bits per heavy atom. The van der Waals surface area contributed by atoms with E-state index in [0.717, 1.165) is 0 Å². The molecule has 1 unspecified atom stereocenters. The van der Waals surface area contributed by atoms with Gasteiger partial charge in [-0.1, -0.05) is 13.8 Å². The van der Waals surface area contributed by atoms with Gasteiger partial charge in [0.05, 0.1) is 6.04 Å². The molecule has 17 heavy (non-hydrogen) atoms. The Hall–Kier alpha value is -1.13. The second-order valence-corrected chi connectivity index (χ2v) is 4.22. The van der Waals surface area contributed by atoms with Crippen LogP contribution in [0, 0.1) is 18.7 Å². The average Bonchev–Trinajstić information content (AvgIpc) is 2.22. The predicted octanol–water partition coefficient (Wildman–Crippen LogP) is 2.48. The smallest absolute Gasteiger partial charge is 0.241 e. The summed E-state index contributed by atoms with van der Waals surface area (Å²) < 4.78 is 13.0. The minimum Gasteiger partial charge on any atom is -0.325 e. The summed E-state index contributed by atoms with van der Waals surface area (Å²) in [5, 5.41) is 2.66. The summed E-state index contributed by atoms with van der Waals surface area (Å²) in [6.45, 7) is 5.40. The molecule has 1 amide bonds. The number of halogens is 2. The number of anilines is 1. The molecule has 0 spiro atoms. The van der Waals surface area contributed by atoms with Gasteiger partial charge in [0.15, 0.2) is 0 Å². The maximum absolute atomic E-state index is 13.0. The Labute approximate surface area is 107 Å². The van der Waals surface area contributed by atoms with Crippen LogP contribution in [0.5, 0.6) is 0 Å². The lowest BCUT2D eigenvalue weighted by Gasteiger charge is -2.15. The van der Waals surface area contributed by atoms with Crippen molar-refractivity contribution in [3.05, 3.63) is 29.6 Å². The molecule has 96 valence electrons. The van der Waals surface area contributed by atoms with Crippen LogP contribution in [0.1, 0.15) is 19.4 Å². The fourth-order valence-electron chi connectivity index (χ4n) is 1.25. The topological polar surface area (TPSA) is 55.1 Å². The molecule has 0 saturated heterocycles. The molecule has 0 radical (unpaired) electrons. The highest BCUT2D eigenvalue weighted by molar-refractivity contribution is 5.94. The molecule has 5 heteroatoms. The summed E-state index contributed by atoms with van der Waals surface area (Å²) in [5.41, 5.74) is 6.76. The van der Waals surface area contributed by atoms with Crippen LogP contribution in [0.25, 0.3) is 0 Å². The normalized spacial score (nSPS) is 11.9. The maximum Gasteiger partial charge on any atom is 0.241 e. The van der Waals surface area contributed by atoms with Crippen LogP contribution in [-0.2, 0) is 4.79 Å². The van der Waals surface area contributed by atoms with Crippen LogP contribution in [0.2, 0.25) is 0 Å². The van der Waals surface area contributed by atoms with Crippen LogP contribution in [0.4, 0.5) is 10.1 Å². The Morgan fingerprint density at radius 3 is 2.47 bits per heavy atom. The van der Waals surface area contributed by atoms with Gasteiger partial charge in [-0.2, -0.15) is 0 Å². The number of rotatable bonds is 3. The molecule has 3 N–H and O–H groups in total. The van der Waals surface area contributed by atoms with Crippen molar-refractivity contribution in [2.75, 3.05) is 5.32 Å². The van der Waals surface area contributed by atoms with Crippen molar-refractivity contribution in [1.29, 1.82) is 0 Å². The molecule has 0 fully saturated rings. The number of amides is 1. The quantitative estimate of drug-likeness (QED) is 0.877. The van der Waals surface area contributed by atoms with Gasteiger partial charge in [-0.15, -0.1) is 12.4 Å². The van der Waals surface area contributed by atoms with Gasteiger partial charge in [0, 0.05) is 5.69 Å². The number of nitrogens with one attached hydrogen (secondary N) is 1. The highest BCUT2D eigenvalue weighted by Gasteiger charge is 2.17. The Balaban J connectivity index is 0.00000256. The minimum absolute atomic E-state index is 0. The first-order valence-electron chi connectivity index (χ1n) is 5.24. The second kappa shape index (κ2) is 6.57. The first-order valence-corrected chi connectivity index (χ1v) is 5.24. The second-order valence-electron chi connectivity index (χ2n) is 4.22.